The number of piperidine rings is 1. The molecule has 0 aliphatic carbocycles. The zero-order valence-electron chi connectivity index (χ0n) is 22.9. The van der Waals surface area contributed by atoms with Gasteiger partial charge in [-0.1, -0.05) is 64.4 Å². The summed E-state index contributed by atoms with van der Waals surface area (Å²) < 4.78 is 0. The molecule has 1 aromatic carbocycles. The van der Waals surface area contributed by atoms with Gasteiger partial charge in [0.25, 0.3) is 0 Å². The average molecular weight is 527 g/mol. The van der Waals surface area contributed by atoms with E-state index in [2.05, 4.69) is 21.3 Å². The highest BCUT2D eigenvalue weighted by Gasteiger charge is 2.32. The van der Waals surface area contributed by atoms with Gasteiger partial charge in [0.05, 0.1) is 6.04 Å². The summed E-state index contributed by atoms with van der Waals surface area (Å²) in [5.41, 5.74) is 0.858. The van der Waals surface area contributed by atoms with Gasteiger partial charge in [0.15, 0.2) is 0 Å². The summed E-state index contributed by atoms with van der Waals surface area (Å²) in [6.07, 6.45) is 6.37. The second-order valence-corrected chi connectivity index (χ2v) is 10.4. The Bertz CT molecular complexity index is 978. The Hall–Kier alpha value is -3.49. The van der Waals surface area contributed by atoms with Gasteiger partial charge in [-0.2, -0.15) is 0 Å². The molecule has 9 heteroatoms. The van der Waals surface area contributed by atoms with Gasteiger partial charge < -0.3 is 26.1 Å². The van der Waals surface area contributed by atoms with Crippen LogP contribution in [0.4, 0.5) is 0 Å². The summed E-state index contributed by atoms with van der Waals surface area (Å²) in [4.78, 5) is 62.9. The van der Waals surface area contributed by atoms with Crippen molar-refractivity contribution in [2.45, 2.75) is 77.9 Å². The molecule has 1 fully saturated rings. The smallest absolute Gasteiger partial charge is 0.244 e. The van der Waals surface area contributed by atoms with Crippen molar-refractivity contribution in [2.75, 3.05) is 6.54 Å². The molecule has 38 heavy (non-hydrogen) atoms. The molecule has 0 spiro atoms. The van der Waals surface area contributed by atoms with Gasteiger partial charge >= 0.3 is 0 Å². The molecule has 9 nitrogen and oxygen atoms in total. The Kier molecular flexibility index (Phi) is 12.7. The Balaban J connectivity index is 2.08. The quantitative estimate of drug-likeness (QED) is 0.218. The van der Waals surface area contributed by atoms with Crippen LogP contribution in [0.3, 0.4) is 0 Å². The molecule has 1 aliphatic heterocycles. The normalized spacial score (nSPS) is 18.7. The number of carbonyl (C=O) groups excluding carboxylic acids is 5. The molecule has 208 valence electrons. The molecular formula is C29H42N4O5. The monoisotopic (exact) mass is 526 g/mol. The average Bonchev–Trinajstić information content (AvgIpc) is 2.90. The molecule has 1 heterocycles. The first-order chi connectivity index (χ1) is 18.1. The van der Waals surface area contributed by atoms with Crippen LogP contribution in [0.1, 0.15) is 65.4 Å². The molecule has 1 saturated heterocycles. The number of aldehydes is 1. The minimum atomic E-state index is -0.895. The van der Waals surface area contributed by atoms with E-state index in [9.17, 15) is 24.0 Å². The third-order valence-electron chi connectivity index (χ3n) is 6.79. The van der Waals surface area contributed by atoms with Crippen LogP contribution in [0.15, 0.2) is 36.4 Å². The van der Waals surface area contributed by atoms with E-state index in [-0.39, 0.29) is 30.1 Å². The zero-order chi connectivity index (χ0) is 28.1. The van der Waals surface area contributed by atoms with Crippen LogP contribution in [-0.2, 0) is 24.0 Å². The third-order valence-corrected chi connectivity index (χ3v) is 6.79. The number of benzene rings is 1. The summed E-state index contributed by atoms with van der Waals surface area (Å²) in [6.45, 7) is 8.26. The number of nitrogens with one attached hydrogen (secondary N) is 4. The molecule has 0 radical (unpaired) electrons. The second kappa shape index (κ2) is 15.7. The first-order valence-electron chi connectivity index (χ1n) is 13.5. The standard InChI is InChI=1S/C29H42N4O5/c1-5-20(4)26(33-25(35)14-13-21-10-7-6-8-11-21)29(38)32-24(16-19(2)3)28(37)31-23(18-34)17-22-12-9-15-30-27(22)36/h6-8,10-11,13-14,18-20,22-24,26H,5,9,12,15-17H2,1-4H3,(H,30,36)(H,31,37)(H,32,38)(H,33,35)/t20-,22-,23-,24-,26-/m0/s1. The lowest BCUT2D eigenvalue weighted by Crippen LogP contribution is -2.57. The molecule has 0 unspecified atom stereocenters. The van der Waals surface area contributed by atoms with Crippen molar-refractivity contribution >= 4 is 36.0 Å². The number of hydrogen-bond donors (Lipinski definition) is 4. The molecular weight excluding hydrogens is 484 g/mol. The van der Waals surface area contributed by atoms with Gasteiger partial charge in [-0.15, -0.1) is 0 Å². The Morgan fingerprint density at radius 2 is 1.76 bits per heavy atom. The highest BCUT2D eigenvalue weighted by Crippen LogP contribution is 2.17. The Labute approximate surface area is 225 Å². The van der Waals surface area contributed by atoms with Crippen LogP contribution in [0.25, 0.3) is 6.08 Å². The van der Waals surface area contributed by atoms with Crippen molar-refractivity contribution in [3.8, 4) is 0 Å². The van der Waals surface area contributed by atoms with E-state index in [1.165, 1.54) is 6.08 Å². The van der Waals surface area contributed by atoms with Crippen molar-refractivity contribution in [1.29, 1.82) is 0 Å². The minimum absolute atomic E-state index is 0.0790. The van der Waals surface area contributed by atoms with E-state index in [1.54, 1.807) is 6.08 Å². The van der Waals surface area contributed by atoms with Gasteiger partial charge in [0, 0.05) is 18.5 Å². The molecule has 4 N–H and O–H groups in total. The summed E-state index contributed by atoms with van der Waals surface area (Å²) in [5.74, 6) is -1.92. The van der Waals surface area contributed by atoms with E-state index in [0.29, 0.717) is 32.1 Å². The van der Waals surface area contributed by atoms with Gasteiger partial charge in [-0.3, -0.25) is 19.2 Å². The van der Waals surface area contributed by atoms with E-state index < -0.39 is 35.8 Å². The number of rotatable bonds is 14. The van der Waals surface area contributed by atoms with Crippen molar-refractivity contribution in [3.05, 3.63) is 42.0 Å². The lowest BCUT2D eigenvalue weighted by atomic mass is 9.91. The maximum absolute atomic E-state index is 13.3. The predicted molar refractivity (Wildman–Crippen MR) is 147 cm³/mol. The first-order valence-corrected chi connectivity index (χ1v) is 13.5. The van der Waals surface area contributed by atoms with E-state index >= 15 is 0 Å². The molecule has 5 atom stereocenters. The molecule has 1 aromatic rings. The minimum Gasteiger partial charge on any atom is -0.356 e. The molecule has 2 rings (SSSR count). The maximum atomic E-state index is 13.3. The lowest BCUT2D eigenvalue weighted by molar-refractivity contribution is -0.133. The summed E-state index contributed by atoms with van der Waals surface area (Å²) in [6, 6.07) is 6.77. The van der Waals surface area contributed by atoms with Crippen LogP contribution in [0, 0.1) is 17.8 Å². The van der Waals surface area contributed by atoms with Gasteiger partial charge in [-0.05, 0) is 49.2 Å². The summed E-state index contributed by atoms with van der Waals surface area (Å²) in [5, 5.41) is 11.1. The van der Waals surface area contributed by atoms with Crippen molar-refractivity contribution in [2.24, 2.45) is 17.8 Å². The Morgan fingerprint density at radius 3 is 2.37 bits per heavy atom. The highest BCUT2D eigenvalue weighted by molar-refractivity contribution is 5.97. The molecule has 0 bridgehead atoms. The van der Waals surface area contributed by atoms with Crippen molar-refractivity contribution < 1.29 is 24.0 Å². The first kappa shape index (κ1) is 30.7. The lowest BCUT2D eigenvalue weighted by Gasteiger charge is -2.28. The third kappa shape index (κ3) is 10.1. The Morgan fingerprint density at radius 1 is 1.05 bits per heavy atom. The largest absolute Gasteiger partial charge is 0.356 e. The van der Waals surface area contributed by atoms with Crippen LogP contribution >= 0.6 is 0 Å². The molecule has 0 saturated carbocycles. The van der Waals surface area contributed by atoms with Crippen LogP contribution in [-0.4, -0.2) is 54.6 Å². The van der Waals surface area contributed by atoms with Gasteiger partial charge in [-0.25, -0.2) is 0 Å². The van der Waals surface area contributed by atoms with Crippen molar-refractivity contribution in [1.82, 2.24) is 21.3 Å². The van der Waals surface area contributed by atoms with E-state index in [0.717, 1.165) is 12.0 Å². The molecule has 0 aromatic heterocycles. The fourth-order valence-electron chi connectivity index (χ4n) is 4.40. The van der Waals surface area contributed by atoms with Crippen molar-refractivity contribution in [3.63, 3.8) is 0 Å². The number of hydrogen-bond acceptors (Lipinski definition) is 5. The van der Waals surface area contributed by atoms with E-state index in [4.69, 9.17) is 0 Å². The van der Waals surface area contributed by atoms with Gasteiger partial charge in [0.1, 0.15) is 18.4 Å². The maximum Gasteiger partial charge on any atom is 0.244 e. The number of carbonyl (C=O) groups is 5. The second-order valence-electron chi connectivity index (χ2n) is 10.4. The predicted octanol–water partition coefficient (Wildman–Crippen LogP) is 2.36. The topological polar surface area (TPSA) is 133 Å². The van der Waals surface area contributed by atoms with Crippen LogP contribution in [0.5, 0.6) is 0 Å². The highest BCUT2D eigenvalue weighted by atomic mass is 16.2. The van der Waals surface area contributed by atoms with E-state index in [1.807, 2.05) is 58.0 Å². The molecule has 4 amide bonds. The molecule has 1 aliphatic rings. The SMILES string of the molecule is CC[C@H](C)[C@H](NC(=O)C=Cc1ccccc1)C(=O)N[C@@H](CC(C)C)C(=O)N[C@H](C=O)C[C@@H]1CCCNC1=O. The van der Waals surface area contributed by atoms with Crippen LogP contribution < -0.4 is 21.3 Å². The van der Waals surface area contributed by atoms with Gasteiger partial charge in [0.2, 0.25) is 23.6 Å². The van der Waals surface area contributed by atoms with Crippen LogP contribution in [0.2, 0.25) is 0 Å². The number of amides is 4. The summed E-state index contributed by atoms with van der Waals surface area (Å²) in [7, 11) is 0. The fourth-order valence-corrected chi connectivity index (χ4v) is 4.40. The zero-order valence-corrected chi connectivity index (χ0v) is 22.9. The summed E-state index contributed by atoms with van der Waals surface area (Å²) >= 11 is 0. The fraction of sp³-hybridized carbons (Fsp3) is 0.552.